The van der Waals surface area contributed by atoms with E-state index >= 15 is 0 Å². The molecular weight excluding hydrogens is 342 g/mol. The molecule has 1 aliphatic heterocycles. The zero-order valence-corrected chi connectivity index (χ0v) is 14.7. The Kier molecular flexibility index (Phi) is 5.08. The van der Waals surface area contributed by atoms with E-state index in [-0.39, 0.29) is 12.5 Å². The molecular formula is C18H20ClN3O3. The van der Waals surface area contributed by atoms with E-state index in [4.69, 9.17) is 11.6 Å². The number of aliphatic carboxylic acids is 1. The largest absolute Gasteiger partial charge is 0.481 e. The van der Waals surface area contributed by atoms with Crippen molar-refractivity contribution >= 4 is 23.5 Å². The van der Waals surface area contributed by atoms with Crippen LogP contribution in [0.3, 0.4) is 0 Å². The lowest BCUT2D eigenvalue weighted by atomic mass is 9.98. The molecule has 1 aromatic heterocycles. The van der Waals surface area contributed by atoms with Crippen molar-refractivity contribution in [3.63, 3.8) is 0 Å². The summed E-state index contributed by atoms with van der Waals surface area (Å²) in [6.45, 7) is 3.15. The Morgan fingerprint density at radius 2 is 2.20 bits per heavy atom. The highest BCUT2D eigenvalue weighted by Gasteiger charge is 2.29. The molecule has 1 amide bonds. The number of hydrogen-bond acceptors (Lipinski definition) is 3. The van der Waals surface area contributed by atoms with Crippen molar-refractivity contribution in [2.24, 2.45) is 5.92 Å². The Hall–Kier alpha value is -2.34. The average Bonchev–Trinajstić information content (AvgIpc) is 2.94. The van der Waals surface area contributed by atoms with E-state index in [1.54, 1.807) is 22.7 Å². The summed E-state index contributed by atoms with van der Waals surface area (Å²) in [6, 6.07) is 7.50. The van der Waals surface area contributed by atoms with Crippen molar-refractivity contribution in [3.05, 3.63) is 52.3 Å². The van der Waals surface area contributed by atoms with Gasteiger partial charge in [-0.3, -0.25) is 14.3 Å². The van der Waals surface area contributed by atoms with Crippen LogP contribution < -0.4 is 0 Å². The molecule has 3 rings (SSSR count). The van der Waals surface area contributed by atoms with Crippen LogP contribution in [0, 0.1) is 12.8 Å². The van der Waals surface area contributed by atoms with E-state index in [9.17, 15) is 14.7 Å². The van der Waals surface area contributed by atoms with Gasteiger partial charge in [-0.2, -0.15) is 5.10 Å². The van der Waals surface area contributed by atoms with Crippen LogP contribution in [0.4, 0.5) is 0 Å². The highest BCUT2D eigenvalue weighted by molar-refractivity contribution is 6.30. The number of carbonyl (C=O) groups is 2. The number of amides is 1. The lowest BCUT2D eigenvalue weighted by Gasteiger charge is -2.30. The minimum atomic E-state index is -0.842. The van der Waals surface area contributed by atoms with Gasteiger partial charge in [-0.1, -0.05) is 23.7 Å². The van der Waals surface area contributed by atoms with Gasteiger partial charge in [-0.15, -0.1) is 0 Å². The predicted octanol–water partition coefficient (Wildman–Crippen LogP) is 2.83. The highest BCUT2D eigenvalue weighted by atomic mass is 35.5. The fourth-order valence-electron chi connectivity index (χ4n) is 3.16. The van der Waals surface area contributed by atoms with E-state index in [1.807, 2.05) is 24.3 Å². The van der Waals surface area contributed by atoms with Crippen LogP contribution in [0.1, 0.15) is 34.5 Å². The molecule has 132 valence electrons. The van der Waals surface area contributed by atoms with Crippen molar-refractivity contribution in [1.29, 1.82) is 0 Å². The summed E-state index contributed by atoms with van der Waals surface area (Å²) in [5.41, 5.74) is 2.16. The van der Waals surface area contributed by atoms with Crippen LogP contribution in [0.25, 0.3) is 0 Å². The lowest BCUT2D eigenvalue weighted by molar-refractivity contribution is -0.143. The summed E-state index contributed by atoms with van der Waals surface area (Å²) >= 11 is 6.00. The molecule has 0 bridgehead atoms. The fourth-order valence-corrected chi connectivity index (χ4v) is 3.38. The third-order valence-electron chi connectivity index (χ3n) is 4.47. The number of aromatic nitrogens is 2. The van der Waals surface area contributed by atoms with Gasteiger partial charge in [-0.25, -0.2) is 0 Å². The normalized spacial score (nSPS) is 17.5. The number of likely N-dealkylation sites (tertiary alicyclic amines) is 1. The second-order valence-electron chi connectivity index (χ2n) is 6.38. The second kappa shape index (κ2) is 7.27. The summed E-state index contributed by atoms with van der Waals surface area (Å²) < 4.78 is 1.72. The molecule has 2 aromatic rings. The van der Waals surface area contributed by atoms with E-state index in [0.717, 1.165) is 5.56 Å². The highest BCUT2D eigenvalue weighted by Crippen LogP contribution is 2.20. The van der Waals surface area contributed by atoms with Crippen molar-refractivity contribution in [2.45, 2.75) is 26.3 Å². The molecule has 25 heavy (non-hydrogen) atoms. The van der Waals surface area contributed by atoms with Gasteiger partial charge in [0.15, 0.2) is 0 Å². The van der Waals surface area contributed by atoms with Crippen molar-refractivity contribution < 1.29 is 14.7 Å². The van der Waals surface area contributed by atoms with Crippen LogP contribution in [-0.4, -0.2) is 44.8 Å². The first-order valence-corrected chi connectivity index (χ1v) is 8.62. The van der Waals surface area contributed by atoms with Gasteiger partial charge in [0, 0.05) is 24.3 Å². The summed E-state index contributed by atoms with van der Waals surface area (Å²) in [7, 11) is 0. The van der Waals surface area contributed by atoms with Crippen LogP contribution in [0.2, 0.25) is 5.02 Å². The number of benzene rings is 1. The fraction of sp³-hybridized carbons (Fsp3) is 0.389. The van der Waals surface area contributed by atoms with Crippen molar-refractivity contribution in [3.8, 4) is 0 Å². The number of carboxylic acids is 1. The smallest absolute Gasteiger partial charge is 0.308 e. The first-order chi connectivity index (χ1) is 11.9. The summed E-state index contributed by atoms with van der Waals surface area (Å²) in [5.74, 6) is -1.48. The molecule has 0 radical (unpaired) electrons. The summed E-state index contributed by atoms with van der Waals surface area (Å²) in [6.07, 6.45) is 3.05. The monoisotopic (exact) mass is 361 g/mol. The van der Waals surface area contributed by atoms with Gasteiger partial charge in [-0.05, 0) is 37.5 Å². The second-order valence-corrected chi connectivity index (χ2v) is 6.82. The Bertz CT molecular complexity index is 803. The van der Waals surface area contributed by atoms with Crippen molar-refractivity contribution in [1.82, 2.24) is 14.7 Å². The summed E-state index contributed by atoms with van der Waals surface area (Å²) in [5, 5.41) is 14.3. The van der Waals surface area contributed by atoms with Gasteiger partial charge >= 0.3 is 5.97 Å². The quantitative estimate of drug-likeness (QED) is 0.908. The Morgan fingerprint density at radius 3 is 2.92 bits per heavy atom. The van der Waals surface area contributed by atoms with Gasteiger partial charge in [0.25, 0.3) is 5.91 Å². The Morgan fingerprint density at radius 1 is 1.40 bits per heavy atom. The number of piperidine rings is 1. The van der Waals surface area contributed by atoms with Gasteiger partial charge < -0.3 is 10.0 Å². The molecule has 2 heterocycles. The Balaban J connectivity index is 1.75. The van der Waals surface area contributed by atoms with E-state index < -0.39 is 11.9 Å². The molecule has 7 heteroatoms. The lowest BCUT2D eigenvalue weighted by Crippen LogP contribution is -2.42. The molecule has 6 nitrogen and oxygen atoms in total. The van der Waals surface area contributed by atoms with Gasteiger partial charge in [0.1, 0.15) is 0 Å². The molecule has 1 unspecified atom stereocenters. The number of carboxylic acid groups (broad SMARTS) is 1. The predicted molar refractivity (Wildman–Crippen MR) is 93.8 cm³/mol. The minimum Gasteiger partial charge on any atom is -0.481 e. The molecule has 1 aliphatic rings. The van der Waals surface area contributed by atoms with Gasteiger partial charge in [0.05, 0.1) is 23.7 Å². The van der Waals surface area contributed by atoms with Crippen LogP contribution >= 0.6 is 11.6 Å². The minimum absolute atomic E-state index is 0.152. The molecule has 1 aromatic carbocycles. The molecule has 0 spiro atoms. The third-order valence-corrected chi connectivity index (χ3v) is 4.70. The number of halogens is 1. The first-order valence-electron chi connectivity index (χ1n) is 8.24. The topological polar surface area (TPSA) is 75.4 Å². The molecule has 0 aliphatic carbocycles. The van der Waals surface area contributed by atoms with Gasteiger partial charge in [0.2, 0.25) is 0 Å². The van der Waals surface area contributed by atoms with Crippen molar-refractivity contribution in [2.75, 3.05) is 13.1 Å². The molecule has 1 atom stereocenters. The van der Waals surface area contributed by atoms with Crippen LogP contribution in [0.5, 0.6) is 0 Å². The molecule has 1 saturated heterocycles. The van der Waals surface area contributed by atoms with E-state index in [2.05, 4.69) is 5.10 Å². The van der Waals surface area contributed by atoms with Crippen LogP contribution in [0.15, 0.2) is 30.5 Å². The number of rotatable bonds is 4. The SMILES string of the molecule is Cc1nn(Cc2cccc(Cl)c2)cc1C(=O)N1CCCC(C(=O)O)C1. The maximum atomic E-state index is 12.8. The standard InChI is InChI=1S/C18H20ClN3O3/c1-12-16(17(23)21-7-3-5-14(10-21)18(24)25)11-22(20-12)9-13-4-2-6-15(19)8-13/h2,4,6,8,11,14H,3,5,7,9-10H2,1H3,(H,24,25). The average molecular weight is 362 g/mol. The number of aryl methyl sites for hydroxylation is 1. The Labute approximate surface area is 151 Å². The number of hydrogen-bond donors (Lipinski definition) is 1. The molecule has 0 saturated carbocycles. The number of nitrogens with zero attached hydrogens (tertiary/aromatic N) is 3. The number of carbonyl (C=O) groups excluding carboxylic acids is 1. The third kappa shape index (κ3) is 4.02. The van der Waals surface area contributed by atoms with E-state index in [0.29, 0.717) is 42.2 Å². The maximum absolute atomic E-state index is 12.8. The summed E-state index contributed by atoms with van der Waals surface area (Å²) in [4.78, 5) is 25.6. The molecule has 1 fully saturated rings. The first kappa shape index (κ1) is 17.5. The molecule has 1 N–H and O–H groups in total. The zero-order valence-electron chi connectivity index (χ0n) is 14.0. The van der Waals surface area contributed by atoms with E-state index in [1.165, 1.54) is 0 Å². The maximum Gasteiger partial charge on any atom is 0.308 e. The van der Waals surface area contributed by atoms with Crippen LogP contribution in [-0.2, 0) is 11.3 Å². The zero-order chi connectivity index (χ0) is 18.0.